The molecule has 4 rings (SSSR count). The number of aliphatic hydroxyl groups excluding tert-OH is 4. The summed E-state index contributed by atoms with van der Waals surface area (Å²) < 4.78 is 21.8. The Balaban J connectivity index is 1.80. The van der Waals surface area contributed by atoms with Crippen LogP contribution in [0, 0.1) is 0 Å². The molecule has 166 valence electrons. The van der Waals surface area contributed by atoms with E-state index in [1.54, 1.807) is 0 Å². The predicted molar refractivity (Wildman–Crippen MR) is 104 cm³/mol. The van der Waals surface area contributed by atoms with Crippen molar-refractivity contribution in [2.45, 2.75) is 30.7 Å². The second-order valence-corrected chi connectivity index (χ2v) is 7.08. The van der Waals surface area contributed by atoms with Crippen molar-refractivity contribution < 1.29 is 49.3 Å². The van der Waals surface area contributed by atoms with Gasteiger partial charge in [-0.25, -0.2) is 0 Å². The first kappa shape index (κ1) is 21.2. The van der Waals surface area contributed by atoms with Crippen LogP contribution in [-0.2, 0) is 4.74 Å². The Labute approximate surface area is 173 Å². The Hall–Kier alpha value is -3.09. The lowest BCUT2D eigenvalue weighted by atomic mass is 9.99. The summed E-state index contributed by atoms with van der Waals surface area (Å²) in [6.07, 6.45) is -7.53. The Bertz CT molecular complexity index is 1190. The molecule has 2 aromatic carbocycles. The van der Waals surface area contributed by atoms with Gasteiger partial charge in [-0.3, -0.25) is 4.79 Å². The normalized spacial score (nSPS) is 26.3. The number of hydrogen-bond donors (Lipinski definition) is 6. The minimum atomic E-state index is -1.66. The van der Waals surface area contributed by atoms with E-state index in [9.17, 15) is 35.4 Å². The second-order valence-electron chi connectivity index (χ2n) is 7.08. The van der Waals surface area contributed by atoms with E-state index in [-0.39, 0.29) is 33.4 Å². The number of phenols is 2. The molecule has 1 saturated heterocycles. The number of aliphatic hydroxyl groups is 4. The van der Waals surface area contributed by atoms with Gasteiger partial charge in [-0.05, 0) is 12.1 Å². The third kappa shape index (κ3) is 3.52. The third-order valence-electron chi connectivity index (χ3n) is 5.14. The van der Waals surface area contributed by atoms with Crippen LogP contribution >= 0.6 is 0 Å². The van der Waals surface area contributed by atoms with Crippen LogP contribution in [0.25, 0.3) is 21.9 Å². The maximum atomic E-state index is 12.9. The number of rotatable bonds is 4. The SMILES string of the molecule is COc1cc2oc3cc(O)c(O)cc3c(=O)c2cc1OC1OC(CO)C(O)C(O)C1O. The minimum absolute atomic E-state index is 0.00626. The van der Waals surface area contributed by atoms with Gasteiger partial charge in [-0.1, -0.05) is 0 Å². The molecule has 0 spiro atoms. The zero-order valence-corrected chi connectivity index (χ0v) is 16.1. The van der Waals surface area contributed by atoms with Crippen LogP contribution < -0.4 is 14.9 Å². The summed E-state index contributed by atoms with van der Waals surface area (Å²) in [6.45, 7) is -0.633. The van der Waals surface area contributed by atoms with Crippen LogP contribution in [0.4, 0.5) is 0 Å². The summed E-state index contributed by atoms with van der Waals surface area (Å²) in [4.78, 5) is 12.9. The van der Waals surface area contributed by atoms with E-state index in [4.69, 9.17) is 18.6 Å². The quantitative estimate of drug-likeness (QED) is 0.230. The van der Waals surface area contributed by atoms with Crippen LogP contribution in [-0.4, -0.2) is 75.1 Å². The molecule has 6 N–H and O–H groups in total. The zero-order chi connectivity index (χ0) is 22.4. The number of hydrogen-bond acceptors (Lipinski definition) is 11. The van der Waals surface area contributed by atoms with E-state index in [2.05, 4.69) is 0 Å². The average Bonchev–Trinajstić information content (AvgIpc) is 2.75. The molecule has 31 heavy (non-hydrogen) atoms. The Kier molecular flexibility index (Phi) is 5.37. The van der Waals surface area contributed by atoms with E-state index < -0.39 is 54.2 Å². The van der Waals surface area contributed by atoms with Gasteiger partial charge in [0.1, 0.15) is 35.6 Å². The average molecular weight is 436 g/mol. The van der Waals surface area contributed by atoms with Gasteiger partial charge in [-0.15, -0.1) is 0 Å². The number of aromatic hydroxyl groups is 2. The molecule has 1 aliphatic heterocycles. The van der Waals surface area contributed by atoms with Gasteiger partial charge in [0, 0.05) is 12.1 Å². The van der Waals surface area contributed by atoms with Gasteiger partial charge in [0.15, 0.2) is 23.0 Å². The van der Waals surface area contributed by atoms with Crippen LogP contribution in [0.5, 0.6) is 23.0 Å². The van der Waals surface area contributed by atoms with E-state index in [0.717, 1.165) is 12.1 Å². The highest BCUT2D eigenvalue weighted by Gasteiger charge is 2.45. The summed E-state index contributed by atoms with van der Waals surface area (Å²) in [5, 5.41) is 58.8. The third-order valence-corrected chi connectivity index (χ3v) is 5.14. The molecule has 3 aromatic rings. The lowest BCUT2D eigenvalue weighted by Crippen LogP contribution is -2.60. The summed E-state index contributed by atoms with van der Waals surface area (Å²) in [7, 11) is 1.32. The number of benzene rings is 2. The molecule has 1 aromatic heterocycles. The first-order chi connectivity index (χ1) is 14.7. The van der Waals surface area contributed by atoms with Crippen molar-refractivity contribution in [2.75, 3.05) is 13.7 Å². The van der Waals surface area contributed by atoms with Crippen molar-refractivity contribution >= 4 is 21.9 Å². The van der Waals surface area contributed by atoms with E-state index in [1.165, 1.54) is 19.2 Å². The maximum absolute atomic E-state index is 12.9. The number of fused-ring (bicyclic) bond motifs is 2. The lowest BCUT2D eigenvalue weighted by Gasteiger charge is -2.39. The molecule has 5 unspecified atom stereocenters. The smallest absolute Gasteiger partial charge is 0.229 e. The van der Waals surface area contributed by atoms with Gasteiger partial charge in [0.05, 0.1) is 24.5 Å². The molecule has 11 heteroatoms. The van der Waals surface area contributed by atoms with Crippen molar-refractivity contribution in [1.82, 2.24) is 0 Å². The summed E-state index contributed by atoms with van der Waals surface area (Å²) in [5.41, 5.74) is -0.397. The molecule has 0 saturated carbocycles. The highest BCUT2D eigenvalue weighted by Crippen LogP contribution is 2.36. The molecule has 0 bridgehead atoms. The Morgan fingerprint density at radius 1 is 0.903 bits per heavy atom. The fourth-order valence-corrected chi connectivity index (χ4v) is 3.43. The molecule has 1 aliphatic rings. The van der Waals surface area contributed by atoms with Crippen molar-refractivity contribution in [3.8, 4) is 23.0 Å². The maximum Gasteiger partial charge on any atom is 0.229 e. The first-order valence-electron chi connectivity index (χ1n) is 9.22. The van der Waals surface area contributed by atoms with Crippen molar-refractivity contribution in [3.05, 3.63) is 34.5 Å². The standard InChI is InChI=1S/C20H20O11/c1-28-13-5-12-8(16(24)7-2-9(22)10(23)4-11(7)29-12)3-14(13)30-20-19(27)18(26)17(25)15(6-21)31-20/h2-5,15,17-23,25-27H,6H2,1H3. The molecule has 0 amide bonds. The second kappa shape index (κ2) is 7.87. The van der Waals surface area contributed by atoms with Gasteiger partial charge in [-0.2, -0.15) is 0 Å². The fourth-order valence-electron chi connectivity index (χ4n) is 3.43. The minimum Gasteiger partial charge on any atom is -0.504 e. The van der Waals surface area contributed by atoms with E-state index in [0.29, 0.717) is 0 Å². The van der Waals surface area contributed by atoms with Gasteiger partial charge >= 0.3 is 0 Å². The van der Waals surface area contributed by atoms with Gasteiger partial charge < -0.3 is 49.3 Å². The van der Waals surface area contributed by atoms with E-state index in [1.807, 2.05) is 0 Å². The largest absolute Gasteiger partial charge is 0.504 e. The first-order valence-corrected chi connectivity index (χ1v) is 9.22. The van der Waals surface area contributed by atoms with Crippen LogP contribution in [0.1, 0.15) is 0 Å². The lowest BCUT2D eigenvalue weighted by molar-refractivity contribution is -0.277. The molecular formula is C20H20O11. The highest BCUT2D eigenvalue weighted by molar-refractivity contribution is 5.92. The summed E-state index contributed by atoms with van der Waals surface area (Å²) in [5.74, 6) is -0.904. The molecule has 0 aliphatic carbocycles. The van der Waals surface area contributed by atoms with Crippen molar-refractivity contribution in [1.29, 1.82) is 0 Å². The highest BCUT2D eigenvalue weighted by atomic mass is 16.7. The molecule has 11 nitrogen and oxygen atoms in total. The topological polar surface area (TPSA) is 179 Å². The van der Waals surface area contributed by atoms with Crippen molar-refractivity contribution in [2.24, 2.45) is 0 Å². The van der Waals surface area contributed by atoms with Gasteiger partial charge in [0.25, 0.3) is 0 Å². The predicted octanol–water partition coefficient (Wildman–Crippen LogP) is -0.455. The molecule has 5 atom stereocenters. The Morgan fingerprint density at radius 2 is 1.55 bits per heavy atom. The number of methoxy groups -OCH3 is 1. The van der Waals surface area contributed by atoms with Crippen LogP contribution in [0.3, 0.4) is 0 Å². The van der Waals surface area contributed by atoms with Crippen molar-refractivity contribution in [3.63, 3.8) is 0 Å². The van der Waals surface area contributed by atoms with E-state index >= 15 is 0 Å². The summed E-state index contributed by atoms with van der Waals surface area (Å²) >= 11 is 0. The van der Waals surface area contributed by atoms with Crippen LogP contribution in [0.2, 0.25) is 0 Å². The molecule has 2 heterocycles. The Morgan fingerprint density at radius 3 is 2.23 bits per heavy atom. The fraction of sp³-hybridized carbons (Fsp3) is 0.350. The number of ether oxygens (including phenoxy) is 3. The molecule has 0 radical (unpaired) electrons. The monoisotopic (exact) mass is 436 g/mol. The number of phenolic OH excluding ortho intramolecular Hbond substituents is 2. The summed E-state index contributed by atoms with van der Waals surface area (Å²) in [6, 6.07) is 4.79. The van der Waals surface area contributed by atoms with Gasteiger partial charge in [0.2, 0.25) is 11.7 Å². The van der Waals surface area contributed by atoms with Crippen LogP contribution in [0.15, 0.2) is 33.5 Å². The molecule has 1 fully saturated rings. The molecular weight excluding hydrogens is 416 g/mol. The zero-order valence-electron chi connectivity index (χ0n) is 16.1.